The average Bonchev–Trinajstić information content (AvgIpc) is 2.56. The third-order valence-electron chi connectivity index (χ3n) is 4.06. The summed E-state index contributed by atoms with van der Waals surface area (Å²) in [6.07, 6.45) is 3.06. The lowest BCUT2D eigenvalue weighted by atomic mass is 9.75. The van der Waals surface area contributed by atoms with Crippen LogP contribution in [0.4, 0.5) is 0 Å². The number of carbonyl (C=O) groups is 1. The van der Waals surface area contributed by atoms with E-state index in [1.165, 1.54) is 11.1 Å². The van der Waals surface area contributed by atoms with Gasteiger partial charge in [0, 0.05) is 18.3 Å². The summed E-state index contributed by atoms with van der Waals surface area (Å²) >= 11 is 0. The van der Waals surface area contributed by atoms with Crippen molar-refractivity contribution in [2.24, 2.45) is 0 Å². The monoisotopic (exact) mass is 293 g/mol. The van der Waals surface area contributed by atoms with Crippen LogP contribution in [0.25, 0.3) is 0 Å². The third kappa shape index (κ3) is 2.24. The first-order chi connectivity index (χ1) is 10.8. The van der Waals surface area contributed by atoms with Gasteiger partial charge in [0.05, 0.1) is 24.3 Å². The molecule has 0 aliphatic carbocycles. The highest BCUT2D eigenvalue weighted by atomic mass is 16.3. The van der Waals surface area contributed by atoms with Crippen LogP contribution in [0, 0.1) is 11.3 Å². The molecule has 110 valence electrons. The molecule has 1 saturated heterocycles. The van der Waals surface area contributed by atoms with Crippen LogP contribution in [0.5, 0.6) is 0 Å². The van der Waals surface area contributed by atoms with Gasteiger partial charge >= 0.3 is 0 Å². The number of aliphatic hydroxyl groups excluding tert-OH is 1. The molecule has 22 heavy (non-hydrogen) atoms. The molecule has 3 rings (SSSR count). The molecule has 1 aliphatic rings. The van der Waals surface area contributed by atoms with Crippen LogP contribution < -0.4 is 0 Å². The van der Waals surface area contributed by atoms with Crippen LogP contribution in [0.15, 0.2) is 54.9 Å². The smallest absolute Gasteiger partial charge is 0.256 e. The fraction of sp³-hybridized carbons (Fsp3) is 0.235. The first-order valence-corrected chi connectivity index (χ1v) is 7.06. The molecule has 0 radical (unpaired) electrons. The van der Waals surface area contributed by atoms with Crippen LogP contribution in [0.3, 0.4) is 0 Å². The van der Waals surface area contributed by atoms with Crippen LogP contribution in [-0.4, -0.2) is 39.6 Å². The molecule has 5 nitrogen and oxygen atoms in total. The van der Waals surface area contributed by atoms with Gasteiger partial charge in [-0.25, -0.2) is 0 Å². The number of rotatable bonds is 3. The van der Waals surface area contributed by atoms with Gasteiger partial charge in [-0.1, -0.05) is 30.3 Å². The molecule has 0 bridgehead atoms. The number of nitrogens with zero attached hydrogens (tertiary/aromatic N) is 3. The number of likely N-dealkylation sites (tertiary alicyclic amines) is 1. The summed E-state index contributed by atoms with van der Waals surface area (Å²) in [5, 5.41) is 19.1. The fourth-order valence-electron chi connectivity index (χ4n) is 3.00. The maximum atomic E-state index is 12.6. The molecule has 0 unspecified atom stereocenters. The summed E-state index contributed by atoms with van der Waals surface area (Å²) in [5.41, 5.74) is 1.39. The Balaban J connectivity index is 1.90. The summed E-state index contributed by atoms with van der Waals surface area (Å²) in [4.78, 5) is 18.0. The molecule has 1 amide bonds. The van der Waals surface area contributed by atoms with Gasteiger partial charge in [0.1, 0.15) is 6.04 Å². The number of hydrogen-bond donors (Lipinski definition) is 1. The van der Waals surface area contributed by atoms with Gasteiger partial charge in [-0.3, -0.25) is 9.78 Å². The van der Waals surface area contributed by atoms with Crippen LogP contribution in [0.1, 0.15) is 21.8 Å². The van der Waals surface area contributed by atoms with E-state index in [0.717, 1.165) is 5.56 Å². The minimum Gasteiger partial charge on any atom is -0.394 e. The van der Waals surface area contributed by atoms with Crippen molar-refractivity contribution in [2.45, 2.75) is 18.0 Å². The lowest BCUT2D eigenvalue weighted by Crippen LogP contribution is -2.65. The molecule has 2 aromatic rings. The number of benzene rings is 1. The number of aromatic nitrogens is 1. The van der Waals surface area contributed by atoms with E-state index >= 15 is 0 Å². The zero-order valence-corrected chi connectivity index (χ0v) is 11.8. The second-order valence-corrected chi connectivity index (χ2v) is 5.21. The third-order valence-corrected chi connectivity index (χ3v) is 4.06. The zero-order valence-electron chi connectivity index (χ0n) is 11.8. The minimum absolute atomic E-state index is 0.170. The topological polar surface area (TPSA) is 77.2 Å². The van der Waals surface area contributed by atoms with Crippen molar-refractivity contribution in [3.05, 3.63) is 66.0 Å². The SMILES string of the molecule is N#C[C@@H]1[C@H](c2ccccc2)[C@@H](CO)N1C(=O)c1cccnc1. The van der Waals surface area contributed by atoms with Crippen molar-refractivity contribution < 1.29 is 9.90 Å². The Morgan fingerprint density at radius 1 is 1.27 bits per heavy atom. The van der Waals surface area contributed by atoms with E-state index in [2.05, 4.69) is 11.1 Å². The zero-order chi connectivity index (χ0) is 15.5. The Morgan fingerprint density at radius 2 is 2.05 bits per heavy atom. The van der Waals surface area contributed by atoms with Gasteiger partial charge < -0.3 is 10.0 Å². The highest BCUT2D eigenvalue weighted by molar-refractivity contribution is 5.95. The van der Waals surface area contributed by atoms with E-state index in [1.54, 1.807) is 18.3 Å². The molecule has 3 atom stereocenters. The Labute approximate surface area is 128 Å². The summed E-state index contributed by atoms with van der Waals surface area (Å²) < 4.78 is 0. The lowest BCUT2D eigenvalue weighted by molar-refractivity contribution is -0.00588. The summed E-state index contributed by atoms with van der Waals surface area (Å²) in [7, 11) is 0. The van der Waals surface area contributed by atoms with Crippen molar-refractivity contribution >= 4 is 5.91 Å². The van der Waals surface area contributed by atoms with Gasteiger partial charge in [-0.2, -0.15) is 5.26 Å². The summed E-state index contributed by atoms with van der Waals surface area (Å²) in [6, 6.07) is 14.1. The minimum atomic E-state index is -0.577. The van der Waals surface area contributed by atoms with Gasteiger partial charge in [-0.15, -0.1) is 0 Å². The van der Waals surface area contributed by atoms with E-state index < -0.39 is 6.04 Å². The summed E-state index contributed by atoms with van der Waals surface area (Å²) in [6.45, 7) is -0.177. The van der Waals surface area contributed by atoms with E-state index in [1.807, 2.05) is 30.3 Å². The number of amides is 1. The Hall–Kier alpha value is -2.71. The van der Waals surface area contributed by atoms with Crippen molar-refractivity contribution in [1.82, 2.24) is 9.88 Å². The van der Waals surface area contributed by atoms with E-state index in [0.29, 0.717) is 5.56 Å². The molecular formula is C17H15N3O2. The highest BCUT2D eigenvalue weighted by Gasteiger charge is 2.51. The Bertz CT molecular complexity index is 697. The number of carbonyl (C=O) groups excluding carboxylic acids is 1. The van der Waals surface area contributed by atoms with Crippen molar-refractivity contribution in [3.63, 3.8) is 0 Å². The largest absolute Gasteiger partial charge is 0.394 e. The van der Waals surface area contributed by atoms with Crippen LogP contribution in [-0.2, 0) is 0 Å². The average molecular weight is 293 g/mol. The maximum Gasteiger partial charge on any atom is 0.256 e. The van der Waals surface area contributed by atoms with Gasteiger partial charge in [0.25, 0.3) is 5.91 Å². The molecular weight excluding hydrogens is 278 g/mol. The lowest BCUT2D eigenvalue weighted by Gasteiger charge is -2.51. The molecule has 1 aliphatic heterocycles. The fourth-order valence-corrected chi connectivity index (χ4v) is 3.00. The molecule has 2 heterocycles. The maximum absolute atomic E-state index is 12.6. The second-order valence-electron chi connectivity index (χ2n) is 5.21. The standard InChI is InChI=1S/C17H15N3O2/c18-9-14-16(12-5-2-1-3-6-12)15(11-21)20(14)17(22)13-7-4-8-19-10-13/h1-8,10,14-16,21H,11H2/t14-,15-,16+/m1/s1. The quantitative estimate of drug-likeness (QED) is 0.932. The molecule has 1 fully saturated rings. The first-order valence-electron chi connectivity index (χ1n) is 7.06. The predicted molar refractivity (Wildman–Crippen MR) is 79.9 cm³/mol. The van der Waals surface area contributed by atoms with Crippen LogP contribution in [0.2, 0.25) is 0 Å². The second kappa shape index (κ2) is 5.96. The van der Waals surface area contributed by atoms with Crippen LogP contribution >= 0.6 is 0 Å². The molecule has 1 N–H and O–H groups in total. The highest BCUT2D eigenvalue weighted by Crippen LogP contribution is 2.41. The predicted octanol–water partition coefficient (Wildman–Crippen LogP) is 1.57. The molecule has 5 heteroatoms. The molecule has 1 aromatic carbocycles. The van der Waals surface area contributed by atoms with E-state index in [9.17, 15) is 15.2 Å². The van der Waals surface area contributed by atoms with E-state index in [4.69, 9.17) is 0 Å². The number of pyridine rings is 1. The normalized spacial score (nSPS) is 23.5. The molecule has 0 spiro atoms. The number of nitriles is 1. The Morgan fingerprint density at radius 3 is 2.64 bits per heavy atom. The molecule has 0 saturated carbocycles. The number of hydrogen-bond acceptors (Lipinski definition) is 4. The van der Waals surface area contributed by atoms with E-state index in [-0.39, 0.29) is 24.5 Å². The number of aliphatic hydroxyl groups is 1. The first kappa shape index (κ1) is 14.2. The van der Waals surface area contributed by atoms with Gasteiger partial charge in [0.15, 0.2) is 0 Å². The summed E-state index contributed by atoms with van der Waals surface area (Å²) in [5.74, 6) is -0.442. The van der Waals surface area contributed by atoms with Crippen molar-refractivity contribution in [1.29, 1.82) is 5.26 Å². The Kier molecular flexibility index (Phi) is 3.86. The van der Waals surface area contributed by atoms with Crippen molar-refractivity contribution in [3.8, 4) is 6.07 Å². The van der Waals surface area contributed by atoms with Crippen molar-refractivity contribution in [2.75, 3.05) is 6.61 Å². The molecule has 1 aromatic heterocycles. The van der Waals surface area contributed by atoms with Gasteiger partial charge in [-0.05, 0) is 17.7 Å². The van der Waals surface area contributed by atoms with Gasteiger partial charge in [0.2, 0.25) is 0 Å².